The van der Waals surface area contributed by atoms with Crippen molar-refractivity contribution < 1.29 is 46.3 Å². The molecule has 2 N–H and O–H groups in total. The Balaban J connectivity index is -0.000000295. The number of aliphatic hydroxyl groups excluding tert-OH is 2. The van der Waals surface area contributed by atoms with Crippen LogP contribution in [0.1, 0.15) is 41.5 Å². The van der Waals surface area contributed by atoms with Gasteiger partial charge in [0.1, 0.15) is 0 Å². The van der Waals surface area contributed by atoms with Crippen molar-refractivity contribution >= 4 is 11.9 Å². The molecule has 21 heavy (non-hydrogen) atoms. The standard InChI is InChI=1S/2C7H12O3.Cu/c2*1-5(2)10-7(9)4-6(3)8;/h2*4-5,8H,1-3H3;/b2*6-4-;. The molecular weight excluding hydrogens is 328 g/mol. The maximum atomic E-state index is 10.6. The predicted octanol–water partition coefficient (Wildman–Crippen LogP) is 2.80. The smallest absolute Gasteiger partial charge is 0.334 e. The van der Waals surface area contributed by atoms with E-state index in [1.807, 2.05) is 0 Å². The van der Waals surface area contributed by atoms with Crippen molar-refractivity contribution in [2.75, 3.05) is 0 Å². The van der Waals surface area contributed by atoms with Crippen molar-refractivity contribution in [3.63, 3.8) is 0 Å². The summed E-state index contributed by atoms with van der Waals surface area (Å²) in [7, 11) is 0. The molecule has 0 aliphatic carbocycles. The molecule has 0 saturated carbocycles. The number of hydrogen-bond acceptors (Lipinski definition) is 6. The number of aliphatic hydroxyl groups is 2. The summed E-state index contributed by atoms with van der Waals surface area (Å²) in [6.07, 6.45) is 1.81. The van der Waals surface area contributed by atoms with Gasteiger partial charge in [-0.05, 0) is 41.5 Å². The van der Waals surface area contributed by atoms with Crippen molar-refractivity contribution in [1.82, 2.24) is 0 Å². The molecule has 0 aliphatic heterocycles. The second-order valence-electron chi connectivity index (χ2n) is 4.54. The van der Waals surface area contributed by atoms with E-state index in [0.717, 1.165) is 12.2 Å². The minimum absolute atomic E-state index is 0. The minimum Gasteiger partial charge on any atom is -0.512 e. The van der Waals surface area contributed by atoms with Crippen LogP contribution in [0.3, 0.4) is 0 Å². The van der Waals surface area contributed by atoms with Crippen LogP contribution in [0.15, 0.2) is 23.7 Å². The molecule has 0 fully saturated rings. The van der Waals surface area contributed by atoms with Crippen LogP contribution in [0, 0.1) is 0 Å². The zero-order valence-electron chi connectivity index (χ0n) is 13.1. The van der Waals surface area contributed by atoms with Crippen LogP contribution < -0.4 is 0 Å². The Bertz CT molecular complexity index is 328. The summed E-state index contributed by atoms with van der Waals surface area (Å²) in [5.41, 5.74) is 0. The molecular formula is C14H24CuO6. The van der Waals surface area contributed by atoms with Crippen LogP contribution in [-0.4, -0.2) is 34.4 Å². The fourth-order valence-corrected chi connectivity index (χ4v) is 0.874. The average Bonchev–Trinajstić information content (AvgIpc) is 2.11. The summed E-state index contributed by atoms with van der Waals surface area (Å²) in [5.74, 6) is -1.08. The van der Waals surface area contributed by atoms with E-state index in [9.17, 15) is 9.59 Å². The zero-order valence-corrected chi connectivity index (χ0v) is 14.1. The summed E-state index contributed by atoms with van der Waals surface area (Å²) in [6.45, 7) is 9.83. The van der Waals surface area contributed by atoms with E-state index in [0.29, 0.717) is 0 Å². The van der Waals surface area contributed by atoms with Crippen molar-refractivity contribution in [3.05, 3.63) is 23.7 Å². The molecule has 1 radical (unpaired) electrons. The van der Waals surface area contributed by atoms with E-state index in [1.165, 1.54) is 13.8 Å². The molecule has 0 bridgehead atoms. The van der Waals surface area contributed by atoms with E-state index < -0.39 is 11.9 Å². The van der Waals surface area contributed by atoms with Crippen LogP contribution in [0.25, 0.3) is 0 Å². The predicted molar refractivity (Wildman–Crippen MR) is 75.2 cm³/mol. The fourth-order valence-electron chi connectivity index (χ4n) is 0.874. The molecule has 0 aromatic rings. The number of carbonyl (C=O) groups is 2. The van der Waals surface area contributed by atoms with E-state index in [1.54, 1.807) is 27.7 Å². The number of hydrogen-bond donors (Lipinski definition) is 2. The van der Waals surface area contributed by atoms with Crippen LogP contribution >= 0.6 is 0 Å². The summed E-state index contributed by atoms with van der Waals surface area (Å²) < 4.78 is 9.37. The van der Waals surface area contributed by atoms with Gasteiger partial charge in [0.2, 0.25) is 0 Å². The molecule has 0 atom stereocenters. The Hall–Kier alpha value is -1.46. The zero-order chi connectivity index (χ0) is 16.3. The van der Waals surface area contributed by atoms with Gasteiger partial charge in [-0.15, -0.1) is 0 Å². The van der Waals surface area contributed by atoms with Gasteiger partial charge in [-0.1, -0.05) is 0 Å². The number of allylic oxidation sites excluding steroid dienone is 2. The third kappa shape index (κ3) is 24.0. The van der Waals surface area contributed by atoms with Gasteiger partial charge in [-0.3, -0.25) is 0 Å². The Morgan fingerprint density at radius 1 is 0.810 bits per heavy atom. The fraction of sp³-hybridized carbons (Fsp3) is 0.571. The molecule has 0 heterocycles. The van der Waals surface area contributed by atoms with E-state index >= 15 is 0 Å². The quantitative estimate of drug-likeness (QED) is 0.350. The number of ether oxygens (including phenoxy) is 2. The van der Waals surface area contributed by atoms with Gasteiger partial charge in [-0.25, -0.2) is 9.59 Å². The van der Waals surface area contributed by atoms with E-state index in [2.05, 4.69) is 9.47 Å². The molecule has 127 valence electrons. The van der Waals surface area contributed by atoms with Gasteiger partial charge in [0, 0.05) is 17.1 Å². The van der Waals surface area contributed by atoms with Crippen molar-refractivity contribution in [1.29, 1.82) is 0 Å². The number of esters is 2. The molecule has 7 heteroatoms. The molecule has 0 saturated heterocycles. The van der Waals surface area contributed by atoms with Crippen LogP contribution in [0.2, 0.25) is 0 Å². The van der Waals surface area contributed by atoms with Gasteiger partial charge >= 0.3 is 11.9 Å². The molecule has 0 aliphatic rings. The largest absolute Gasteiger partial charge is 0.512 e. The number of carbonyl (C=O) groups excluding carboxylic acids is 2. The number of rotatable bonds is 4. The summed E-state index contributed by atoms with van der Waals surface area (Å²) >= 11 is 0. The SMILES string of the molecule is C/C(O)=C/C(=O)OC(C)C.C/C(O)=C/C(=O)OC(C)C.[Cu]. The van der Waals surface area contributed by atoms with Gasteiger partial charge < -0.3 is 19.7 Å². The molecule has 0 aromatic carbocycles. The van der Waals surface area contributed by atoms with Crippen molar-refractivity contribution in [2.24, 2.45) is 0 Å². The van der Waals surface area contributed by atoms with E-state index in [4.69, 9.17) is 10.2 Å². The maximum Gasteiger partial charge on any atom is 0.334 e. The molecule has 0 spiro atoms. The maximum absolute atomic E-state index is 10.6. The molecule has 0 aromatic heterocycles. The minimum atomic E-state index is -0.505. The average molecular weight is 352 g/mol. The van der Waals surface area contributed by atoms with Crippen molar-refractivity contribution in [2.45, 2.75) is 53.8 Å². The first-order chi connectivity index (χ1) is 9.04. The monoisotopic (exact) mass is 351 g/mol. The first kappa shape index (κ1) is 24.6. The van der Waals surface area contributed by atoms with Gasteiger partial charge in [0.15, 0.2) is 0 Å². The Kier molecular flexibility index (Phi) is 15.8. The van der Waals surface area contributed by atoms with Gasteiger partial charge in [0.05, 0.1) is 35.9 Å². The normalized spacial score (nSPS) is 11.2. The van der Waals surface area contributed by atoms with Gasteiger partial charge in [0.25, 0.3) is 0 Å². The molecule has 0 amide bonds. The first-order valence-electron chi connectivity index (χ1n) is 6.20. The Morgan fingerprint density at radius 2 is 1.05 bits per heavy atom. The van der Waals surface area contributed by atoms with E-state index in [-0.39, 0.29) is 40.8 Å². The van der Waals surface area contributed by atoms with Crippen LogP contribution in [-0.2, 0) is 36.1 Å². The van der Waals surface area contributed by atoms with Crippen LogP contribution in [0.4, 0.5) is 0 Å². The Labute approximate surface area is 136 Å². The summed E-state index contributed by atoms with van der Waals surface area (Å²) in [5, 5.41) is 17.2. The molecule has 0 unspecified atom stereocenters. The van der Waals surface area contributed by atoms with Crippen LogP contribution in [0.5, 0.6) is 0 Å². The molecule has 0 rings (SSSR count). The summed E-state index contributed by atoms with van der Waals surface area (Å²) in [4.78, 5) is 21.2. The second-order valence-corrected chi connectivity index (χ2v) is 4.54. The first-order valence-corrected chi connectivity index (χ1v) is 6.20. The Morgan fingerprint density at radius 3 is 1.19 bits per heavy atom. The topological polar surface area (TPSA) is 93.1 Å². The van der Waals surface area contributed by atoms with Gasteiger partial charge in [-0.2, -0.15) is 0 Å². The van der Waals surface area contributed by atoms with Crippen molar-refractivity contribution in [3.8, 4) is 0 Å². The third-order valence-electron chi connectivity index (χ3n) is 1.36. The third-order valence-corrected chi connectivity index (χ3v) is 1.36. The second kappa shape index (κ2) is 13.5. The molecule has 6 nitrogen and oxygen atoms in total. The summed E-state index contributed by atoms with van der Waals surface area (Å²) in [6, 6.07) is 0.